The van der Waals surface area contributed by atoms with Crippen molar-refractivity contribution in [2.75, 3.05) is 34.4 Å². The standard InChI is InChI=1S/C35H37N3O8/c1-19(39)36-13-14-37-30(42)18-26-25-16-24-23(17-28(41)33(25)46-32(26)21-9-7-6-8-10-21)27(38-20(2)40)12-11-22-15-29(43-3)34(44-4)35(45-5)31(22)24/h6-10,15-17,27H,11-14,18H2,1-5H3,(H,36,39)(H,37,42)(H,38,40)/t27-/m0/s1. The van der Waals surface area contributed by atoms with Crippen LogP contribution >= 0.6 is 0 Å². The highest BCUT2D eigenvalue weighted by atomic mass is 16.5. The minimum absolute atomic E-state index is 0.0792. The second-order valence-corrected chi connectivity index (χ2v) is 11.0. The first kappa shape index (κ1) is 32.1. The van der Waals surface area contributed by atoms with E-state index in [0.717, 1.165) is 5.56 Å². The predicted octanol–water partition coefficient (Wildman–Crippen LogP) is 4.07. The lowest BCUT2D eigenvalue weighted by Gasteiger charge is -2.20. The van der Waals surface area contributed by atoms with E-state index in [0.29, 0.717) is 69.1 Å². The van der Waals surface area contributed by atoms with Gasteiger partial charge < -0.3 is 34.6 Å². The number of furan rings is 1. The summed E-state index contributed by atoms with van der Waals surface area (Å²) in [5.41, 5.74) is 3.68. The van der Waals surface area contributed by atoms with E-state index in [2.05, 4.69) is 16.0 Å². The van der Waals surface area contributed by atoms with Gasteiger partial charge in [0.1, 0.15) is 5.76 Å². The van der Waals surface area contributed by atoms with Gasteiger partial charge >= 0.3 is 0 Å². The first-order valence-electron chi connectivity index (χ1n) is 15.0. The van der Waals surface area contributed by atoms with Crippen molar-refractivity contribution in [3.05, 3.63) is 75.4 Å². The van der Waals surface area contributed by atoms with Crippen molar-refractivity contribution in [2.45, 2.75) is 39.2 Å². The lowest BCUT2D eigenvalue weighted by atomic mass is 9.94. The molecule has 1 heterocycles. The topological polar surface area (TPSA) is 145 Å². The molecule has 0 saturated heterocycles. The maximum Gasteiger partial charge on any atom is 0.224 e. The Kier molecular flexibility index (Phi) is 9.60. The molecule has 0 bridgehead atoms. The highest BCUT2D eigenvalue weighted by Crippen LogP contribution is 2.51. The van der Waals surface area contributed by atoms with Crippen LogP contribution in [-0.4, -0.2) is 52.1 Å². The number of carbonyl (C=O) groups excluding carboxylic acids is 3. The fourth-order valence-corrected chi connectivity index (χ4v) is 6.04. The molecule has 5 rings (SSSR count). The number of methoxy groups -OCH3 is 3. The van der Waals surface area contributed by atoms with Crippen molar-refractivity contribution in [1.29, 1.82) is 0 Å². The van der Waals surface area contributed by atoms with E-state index >= 15 is 0 Å². The summed E-state index contributed by atoms with van der Waals surface area (Å²) in [6, 6.07) is 14.0. The largest absolute Gasteiger partial charge is 0.493 e. The number of hydrogen-bond donors (Lipinski definition) is 3. The zero-order valence-corrected chi connectivity index (χ0v) is 26.5. The third kappa shape index (κ3) is 6.39. The van der Waals surface area contributed by atoms with E-state index < -0.39 is 11.5 Å². The molecule has 3 amide bonds. The molecule has 1 aromatic heterocycles. The molecule has 11 heteroatoms. The van der Waals surface area contributed by atoms with E-state index in [1.165, 1.54) is 34.1 Å². The number of rotatable bonds is 10. The fraction of sp³-hybridized carbons (Fsp3) is 0.314. The van der Waals surface area contributed by atoms with Crippen LogP contribution in [-0.2, 0) is 27.2 Å². The molecule has 0 unspecified atom stereocenters. The van der Waals surface area contributed by atoms with Crippen LogP contribution < -0.4 is 35.6 Å². The van der Waals surface area contributed by atoms with E-state index in [1.807, 2.05) is 42.5 Å². The Hall–Kier alpha value is -5.32. The van der Waals surface area contributed by atoms with Gasteiger partial charge in [0.05, 0.1) is 33.8 Å². The van der Waals surface area contributed by atoms with Crippen LogP contribution in [0, 0.1) is 0 Å². The molecule has 0 fully saturated rings. The fourth-order valence-electron chi connectivity index (χ4n) is 6.04. The van der Waals surface area contributed by atoms with Crippen molar-refractivity contribution >= 4 is 28.7 Å². The van der Waals surface area contributed by atoms with E-state index in [9.17, 15) is 19.2 Å². The second kappa shape index (κ2) is 13.8. The highest BCUT2D eigenvalue weighted by molar-refractivity contribution is 5.96. The molecule has 11 nitrogen and oxygen atoms in total. The second-order valence-electron chi connectivity index (χ2n) is 11.0. The third-order valence-electron chi connectivity index (χ3n) is 7.99. The monoisotopic (exact) mass is 627 g/mol. The van der Waals surface area contributed by atoms with Gasteiger partial charge in [0.25, 0.3) is 0 Å². The van der Waals surface area contributed by atoms with E-state index in [1.54, 1.807) is 7.11 Å². The molecule has 0 saturated carbocycles. The Morgan fingerprint density at radius 2 is 1.61 bits per heavy atom. The molecule has 3 N–H and O–H groups in total. The van der Waals surface area contributed by atoms with Crippen molar-refractivity contribution in [3.63, 3.8) is 0 Å². The van der Waals surface area contributed by atoms with Crippen LogP contribution in [0.3, 0.4) is 0 Å². The van der Waals surface area contributed by atoms with Gasteiger partial charge in [0, 0.05) is 49.0 Å². The van der Waals surface area contributed by atoms with Crippen LogP contribution in [0.2, 0.25) is 0 Å². The molecule has 0 spiro atoms. The molecular formula is C35H37N3O8. The number of nitrogens with one attached hydrogen (secondary N) is 3. The number of benzene rings is 2. The van der Waals surface area contributed by atoms with Crippen molar-refractivity contribution in [1.82, 2.24) is 16.0 Å². The number of aryl methyl sites for hydroxylation is 1. The molecular weight excluding hydrogens is 590 g/mol. The zero-order valence-electron chi connectivity index (χ0n) is 26.5. The Bertz CT molecular complexity index is 1870. The Labute approximate surface area is 266 Å². The molecule has 0 aliphatic heterocycles. The summed E-state index contributed by atoms with van der Waals surface area (Å²) in [5, 5.41) is 8.95. The maximum atomic E-state index is 14.0. The zero-order chi connectivity index (χ0) is 33.0. The molecule has 240 valence electrons. The van der Waals surface area contributed by atoms with Crippen molar-refractivity contribution < 1.29 is 33.0 Å². The lowest BCUT2D eigenvalue weighted by Crippen LogP contribution is -2.34. The van der Waals surface area contributed by atoms with Crippen LogP contribution in [0.1, 0.15) is 43.0 Å². The highest BCUT2D eigenvalue weighted by Gasteiger charge is 2.31. The Morgan fingerprint density at radius 3 is 2.26 bits per heavy atom. The van der Waals surface area contributed by atoms with Gasteiger partial charge in [-0.1, -0.05) is 30.3 Å². The minimum atomic E-state index is -0.500. The minimum Gasteiger partial charge on any atom is -0.493 e. The van der Waals surface area contributed by atoms with Crippen LogP contribution in [0.15, 0.2) is 57.7 Å². The van der Waals surface area contributed by atoms with Crippen LogP contribution in [0.4, 0.5) is 0 Å². The lowest BCUT2D eigenvalue weighted by molar-refractivity contribution is -0.121. The summed E-state index contributed by atoms with van der Waals surface area (Å²) in [4.78, 5) is 50.9. The molecule has 1 aliphatic carbocycles. The quantitative estimate of drug-likeness (QED) is 0.223. The van der Waals surface area contributed by atoms with Crippen LogP contribution in [0.5, 0.6) is 17.2 Å². The first-order valence-corrected chi connectivity index (χ1v) is 15.0. The van der Waals surface area contributed by atoms with E-state index in [4.69, 9.17) is 18.6 Å². The van der Waals surface area contributed by atoms with E-state index in [-0.39, 0.29) is 42.8 Å². The number of amides is 3. The normalized spacial score (nSPS) is 13.5. The molecule has 0 radical (unpaired) electrons. The van der Waals surface area contributed by atoms with Gasteiger partial charge in [-0.2, -0.15) is 0 Å². The number of hydrogen-bond acceptors (Lipinski definition) is 8. The summed E-state index contributed by atoms with van der Waals surface area (Å²) in [6.45, 7) is 3.35. The van der Waals surface area contributed by atoms with Crippen molar-refractivity contribution in [2.24, 2.45) is 0 Å². The van der Waals surface area contributed by atoms with Gasteiger partial charge in [-0.05, 0) is 47.7 Å². The predicted molar refractivity (Wildman–Crippen MR) is 173 cm³/mol. The van der Waals surface area contributed by atoms with Crippen molar-refractivity contribution in [3.8, 4) is 39.7 Å². The Balaban J connectivity index is 1.81. The maximum absolute atomic E-state index is 14.0. The number of carbonyl (C=O) groups is 3. The smallest absolute Gasteiger partial charge is 0.224 e. The molecule has 1 aliphatic rings. The summed E-state index contributed by atoms with van der Waals surface area (Å²) in [7, 11) is 4.60. The van der Waals surface area contributed by atoms with Gasteiger partial charge in [0.15, 0.2) is 17.1 Å². The average Bonchev–Trinajstić information content (AvgIpc) is 3.24. The first-order chi connectivity index (χ1) is 22.2. The summed E-state index contributed by atoms with van der Waals surface area (Å²) in [5.74, 6) is 0.937. The molecule has 46 heavy (non-hydrogen) atoms. The number of fused-ring (bicyclic) bond motifs is 4. The molecule has 1 atom stereocenters. The molecule has 4 aromatic rings. The van der Waals surface area contributed by atoms with Crippen LogP contribution in [0.25, 0.3) is 33.4 Å². The van der Waals surface area contributed by atoms with Gasteiger partial charge in [-0.25, -0.2) is 0 Å². The van der Waals surface area contributed by atoms with Gasteiger partial charge in [-0.15, -0.1) is 0 Å². The summed E-state index contributed by atoms with van der Waals surface area (Å²) >= 11 is 0. The van der Waals surface area contributed by atoms with Gasteiger partial charge in [-0.3, -0.25) is 19.2 Å². The average molecular weight is 628 g/mol. The SMILES string of the molecule is COc1cc2c(c(OC)c1OC)-c1cc3c(CC(=O)NCCNC(C)=O)c(-c4ccccc4)oc3c(=O)cc1[C@@H](NC(C)=O)CC2. The van der Waals surface area contributed by atoms with Gasteiger partial charge in [0.2, 0.25) is 28.9 Å². The summed E-state index contributed by atoms with van der Waals surface area (Å²) in [6.07, 6.45) is 0.944. The Morgan fingerprint density at radius 1 is 0.891 bits per heavy atom. The molecule has 3 aromatic carbocycles. The summed E-state index contributed by atoms with van der Waals surface area (Å²) < 4.78 is 23.6. The number of ether oxygens (including phenoxy) is 3. The third-order valence-corrected chi connectivity index (χ3v) is 7.99.